The van der Waals surface area contributed by atoms with Crippen LogP contribution >= 0.6 is 0 Å². The number of fused-ring (bicyclic) bond motifs is 1. The van der Waals surface area contributed by atoms with Gasteiger partial charge in [0.1, 0.15) is 5.69 Å². The molecule has 0 bridgehead atoms. The molecule has 106 valence electrons. The fourth-order valence-corrected chi connectivity index (χ4v) is 3.04. The maximum atomic E-state index is 12.7. The molecule has 1 N–H and O–H groups in total. The lowest BCUT2D eigenvalue weighted by atomic mass is 10.2. The molecule has 0 aliphatic carbocycles. The van der Waals surface area contributed by atoms with E-state index in [2.05, 4.69) is 24.4 Å². The summed E-state index contributed by atoms with van der Waals surface area (Å²) in [6, 6.07) is 8.22. The van der Waals surface area contributed by atoms with Gasteiger partial charge < -0.3 is 14.8 Å². The predicted molar refractivity (Wildman–Crippen MR) is 81.0 cm³/mol. The van der Waals surface area contributed by atoms with Gasteiger partial charge in [0.05, 0.1) is 5.52 Å². The van der Waals surface area contributed by atoms with Gasteiger partial charge in [0.2, 0.25) is 0 Å². The lowest BCUT2D eigenvalue weighted by Gasteiger charge is -2.20. The summed E-state index contributed by atoms with van der Waals surface area (Å²) in [6.45, 7) is 5.60. The standard InChI is InChI=1S/C16H21N3O/c1-12-5-3-6-13-11-14(18(2)15(12)13)16(20)19-9-4-7-17-8-10-19/h3,5-6,11,17H,4,7-10H2,1-2H3. The molecule has 1 aromatic carbocycles. The van der Waals surface area contributed by atoms with E-state index in [-0.39, 0.29) is 5.91 Å². The number of carbonyl (C=O) groups excluding carboxylic acids is 1. The number of amides is 1. The molecule has 2 aromatic rings. The zero-order valence-electron chi connectivity index (χ0n) is 12.1. The van der Waals surface area contributed by atoms with E-state index in [1.54, 1.807) is 0 Å². The van der Waals surface area contributed by atoms with E-state index in [4.69, 9.17) is 0 Å². The van der Waals surface area contributed by atoms with Gasteiger partial charge in [0.15, 0.2) is 0 Å². The Hall–Kier alpha value is -1.81. The summed E-state index contributed by atoms with van der Waals surface area (Å²) in [5.41, 5.74) is 3.15. The highest BCUT2D eigenvalue weighted by Gasteiger charge is 2.21. The lowest BCUT2D eigenvalue weighted by molar-refractivity contribution is 0.0757. The molecule has 4 nitrogen and oxygen atoms in total. The maximum absolute atomic E-state index is 12.7. The summed E-state index contributed by atoms with van der Waals surface area (Å²) >= 11 is 0. The van der Waals surface area contributed by atoms with Gasteiger partial charge in [0, 0.05) is 32.1 Å². The van der Waals surface area contributed by atoms with Crippen LogP contribution in [0.25, 0.3) is 10.9 Å². The summed E-state index contributed by atoms with van der Waals surface area (Å²) in [6.07, 6.45) is 1.02. The number of para-hydroxylation sites is 1. The molecular formula is C16H21N3O. The summed E-state index contributed by atoms with van der Waals surface area (Å²) in [4.78, 5) is 14.7. The number of hydrogen-bond donors (Lipinski definition) is 1. The molecule has 20 heavy (non-hydrogen) atoms. The molecule has 0 spiro atoms. The van der Waals surface area contributed by atoms with Gasteiger partial charge in [-0.15, -0.1) is 0 Å². The largest absolute Gasteiger partial charge is 0.339 e. The number of carbonyl (C=O) groups is 1. The van der Waals surface area contributed by atoms with E-state index in [9.17, 15) is 4.79 Å². The van der Waals surface area contributed by atoms with Crippen molar-refractivity contribution < 1.29 is 4.79 Å². The Morgan fingerprint density at radius 2 is 2.10 bits per heavy atom. The van der Waals surface area contributed by atoms with Crippen LogP contribution in [0, 0.1) is 6.92 Å². The second-order valence-electron chi connectivity index (χ2n) is 5.50. The Kier molecular flexibility index (Phi) is 3.49. The number of aryl methyl sites for hydroxylation is 2. The molecular weight excluding hydrogens is 250 g/mol. The SMILES string of the molecule is Cc1cccc2cc(C(=O)N3CCCNCC3)n(C)c12. The molecule has 1 aliphatic rings. The van der Waals surface area contributed by atoms with Crippen molar-refractivity contribution in [2.24, 2.45) is 7.05 Å². The number of nitrogens with zero attached hydrogens (tertiary/aromatic N) is 2. The van der Waals surface area contributed by atoms with Gasteiger partial charge in [-0.1, -0.05) is 18.2 Å². The number of hydrogen-bond acceptors (Lipinski definition) is 2. The van der Waals surface area contributed by atoms with E-state index >= 15 is 0 Å². The third-order valence-electron chi connectivity index (χ3n) is 4.10. The predicted octanol–water partition coefficient (Wildman–Crippen LogP) is 1.92. The van der Waals surface area contributed by atoms with Crippen LogP contribution in [-0.4, -0.2) is 41.6 Å². The molecule has 1 aromatic heterocycles. The highest BCUT2D eigenvalue weighted by atomic mass is 16.2. The first-order valence-electron chi connectivity index (χ1n) is 7.23. The molecule has 2 heterocycles. The monoisotopic (exact) mass is 271 g/mol. The first kappa shape index (κ1) is 13.2. The van der Waals surface area contributed by atoms with Crippen LogP contribution in [0.2, 0.25) is 0 Å². The average molecular weight is 271 g/mol. The number of benzene rings is 1. The fourth-order valence-electron chi connectivity index (χ4n) is 3.04. The van der Waals surface area contributed by atoms with Crippen LogP contribution in [0.5, 0.6) is 0 Å². The Bertz CT molecular complexity index is 636. The average Bonchev–Trinajstić information content (AvgIpc) is 2.65. The van der Waals surface area contributed by atoms with Gasteiger partial charge in [-0.3, -0.25) is 4.79 Å². The van der Waals surface area contributed by atoms with Gasteiger partial charge in [-0.25, -0.2) is 0 Å². The van der Waals surface area contributed by atoms with Crippen LogP contribution in [0.4, 0.5) is 0 Å². The van der Waals surface area contributed by atoms with Crippen LogP contribution in [-0.2, 0) is 7.05 Å². The first-order chi connectivity index (χ1) is 9.68. The van der Waals surface area contributed by atoms with E-state index in [0.29, 0.717) is 0 Å². The highest BCUT2D eigenvalue weighted by molar-refractivity contribution is 5.99. The van der Waals surface area contributed by atoms with Crippen LogP contribution in [0.3, 0.4) is 0 Å². The summed E-state index contributed by atoms with van der Waals surface area (Å²) < 4.78 is 2.03. The third kappa shape index (κ3) is 2.20. The molecule has 3 rings (SSSR count). The maximum Gasteiger partial charge on any atom is 0.270 e. The molecule has 0 radical (unpaired) electrons. The summed E-state index contributed by atoms with van der Waals surface area (Å²) in [5, 5.41) is 4.48. The second-order valence-corrected chi connectivity index (χ2v) is 5.50. The van der Waals surface area contributed by atoms with Gasteiger partial charge in [0.25, 0.3) is 5.91 Å². The van der Waals surface area contributed by atoms with E-state index in [1.165, 1.54) is 5.56 Å². The van der Waals surface area contributed by atoms with Crippen molar-refractivity contribution in [1.82, 2.24) is 14.8 Å². The Balaban J connectivity index is 1.99. The topological polar surface area (TPSA) is 37.3 Å². The molecule has 4 heteroatoms. The number of nitrogens with one attached hydrogen (secondary N) is 1. The van der Waals surface area contributed by atoms with Gasteiger partial charge in [-0.05, 0) is 31.5 Å². The zero-order chi connectivity index (χ0) is 14.1. The third-order valence-corrected chi connectivity index (χ3v) is 4.10. The van der Waals surface area contributed by atoms with Crippen molar-refractivity contribution in [3.05, 3.63) is 35.5 Å². The summed E-state index contributed by atoms with van der Waals surface area (Å²) in [7, 11) is 1.98. The molecule has 1 fully saturated rings. The van der Waals surface area contributed by atoms with Crippen molar-refractivity contribution >= 4 is 16.8 Å². The van der Waals surface area contributed by atoms with E-state index < -0.39 is 0 Å². The van der Waals surface area contributed by atoms with Crippen molar-refractivity contribution in [3.8, 4) is 0 Å². The van der Waals surface area contributed by atoms with Crippen molar-refractivity contribution in [2.75, 3.05) is 26.2 Å². The number of aromatic nitrogens is 1. The molecule has 1 amide bonds. The van der Waals surface area contributed by atoms with Crippen LogP contribution < -0.4 is 5.32 Å². The quantitative estimate of drug-likeness (QED) is 0.860. The first-order valence-corrected chi connectivity index (χ1v) is 7.23. The smallest absolute Gasteiger partial charge is 0.270 e. The number of rotatable bonds is 1. The molecule has 0 unspecified atom stereocenters. The van der Waals surface area contributed by atoms with Crippen molar-refractivity contribution in [2.45, 2.75) is 13.3 Å². The highest BCUT2D eigenvalue weighted by Crippen LogP contribution is 2.23. The molecule has 1 aliphatic heterocycles. The molecule has 0 atom stereocenters. The van der Waals surface area contributed by atoms with Gasteiger partial charge in [-0.2, -0.15) is 0 Å². The minimum absolute atomic E-state index is 0.145. The van der Waals surface area contributed by atoms with Crippen molar-refractivity contribution in [1.29, 1.82) is 0 Å². The molecule has 0 saturated carbocycles. The second kappa shape index (κ2) is 5.29. The minimum atomic E-state index is 0.145. The zero-order valence-corrected chi connectivity index (χ0v) is 12.1. The Labute approximate surface area is 119 Å². The Morgan fingerprint density at radius 1 is 1.25 bits per heavy atom. The van der Waals surface area contributed by atoms with Crippen LogP contribution in [0.15, 0.2) is 24.3 Å². The Morgan fingerprint density at radius 3 is 2.90 bits per heavy atom. The normalized spacial score (nSPS) is 16.4. The minimum Gasteiger partial charge on any atom is -0.339 e. The van der Waals surface area contributed by atoms with E-state index in [1.807, 2.05) is 28.6 Å². The fraction of sp³-hybridized carbons (Fsp3) is 0.438. The lowest BCUT2D eigenvalue weighted by Crippen LogP contribution is -2.35. The molecule has 1 saturated heterocycles. The van der Waals surface area contributed by atoms with Gasteiger partial charge >= 0.3 is 0 Å². The summed E-state index contributed by atoms with van der Waals surface area (Å²) in [5.74, 6) is 0.145. The van der Waals surface area contributed by atoms with Crippen LogP contribution in [0.1, 0.15) is 22.5 Å². The van der Waals surface area contributed by atoms with E-state index in [0.717, 1.165) is 49.2 Å². The van der Waals surface area contributed by atoms with Crippen molar-refractivity contribution in [3.63, 3.8) is 0 Å².